The van der Waals surface area contributed by atoms with Gasteiger partial charge in [-0.3, -0.25) is 4.79 Å². The summed E-state index contributed by atoms with van der Waals surface area (Å²) < 4.78 is 5.13. The second-order valence-corrected chi connectivity index (χ2v) is 6.68. The van der Waals surface area contributed by atoms with Gasteiger partial charge >= 0.3 is 0 Å². The molecule has 0 fully saturated rings. The SMILES string of the molecule is COc1ccc(CCNC(=O)C(C)Sc2ccc(C)cn2)cc1. The van der Waals surface area contributed by atoms with Crippen molar-refractivity contribution in [1.29, 1.82) is 0 Å². The Morgan fingerprint density at radius 2 is 2.00 bits per heavy atom. The van der Waals surface area contributed by atoms with Crippen molar-refractivity contribution in [2.75, 3.05) is 13.7 Å². The molecule has 1 aromatic carbocycles. The summed E-state index contributed by atoms with van der Waals surface area (Å²) in [6.45, 7) is 4.52. The first kappa shape index (κ1) is 17.3. The number of benzene rings is 1. The van der Waals surface area contributed by atoms with Crippen LogP contribution in [-0.2, 0) is 11.2 Å². The monoisotopic (exact) mass is 330 g/mol. The Hall–Kier alpha value is -2.01. The summed E-state index contributed by atoms with van der Waals surface area (Å²) in [7, 11) is 1.65. The van der Waals surface area contributed by atoms with Crippen LogP contribution in [0.1, 0.15) is 18.1 Å². The van der Waals surface area contributed by atoms with E-state index in [9.17, 15) is 4.79 Å². The van der Waals surface area contributed by atoms with E-state index in [0.29, 0.717) is 6.54 Å². The summed E-state index contributed by atoms with van der Waals surface area (Å²) in [5.74, 6) is 0.874. The number of thioether (sulfide) groups is 1. The highest BCUT2D eigenvalue weighted by atomic mass is 32.2. The van der Waals surface area contributed by atoms with Gasteiger partial charge in [0.1, 0.15) is 5.75 Å². The lowest BCUT2D eigenvalue weighted by Gasteiger charge is -2.11. The fraction of sp³-hybridized carbons (Fsp3) is 0.333. The highest BCUT2D eigenvalue weighted by Gasteiger charge is 2.14. The number of aromatic nitrogens is 1. The summed E-state index contributed by atoms with van der Waals surface area (Å²) in [5, 5.41) is 3.68. The van der Waals surface area contributed by atoms with Crippen LogP contribution in [0.25, 0.3) is 0 Å². The molecule has 0 radical (unpaired) electrons. The van der Waals surface area contributed by atoms with Crippen molar-refractivity contribution >= 4 is 17.7 Å². The van der Waals surface area contributed by atoms with Crippen molar-refractivity contribution in [2.45, 2.75) is 30.5 Å². The van der Waals surface area contributed by atoms with Gasteiger partial charge in [-0.2, -0.15) is 0 Å². The average Bonchev–Trinajstić information content (AvgIpc) is 2.57. The van der Waals surface area contributed by atoms with Crippen LogP contribution in [0, 0.1) is 6.92 Å². The molecule has 0 aliphatic heterocycles. The number of carbonyl (C=O) groups excluding carboxylic acids is 1. The molecule has 0 aliphatic rings. The minimum atomic E-state index is -0.166. The molecule has 1 heterocycles. The Balaban J connectivity index is 1.75. The van der Waals surface area contributed by atoms with E-state index in [1.54, 1.807) is 7.11 Å². The number of methoxy groups -OCH3 is 1. The van der Waals surface area contributed by atoms with Crippen molar-refractivity contribution in [3.63, 3.8) is 0 Å². The van der Waals surface area contributed by atoms with Gasteiger partial charge in [-0.15, -0.1) is 0 Å². The molecule has 0 spiro atoms. The van der Waals surface area contributed by atoms with E-state index in [-0.39, 0.29) is 11.2 Å². The normalized spacial score (nSPS) is 11.8. The fourth-order valence-corrected chi connectivity index (χ4v) is 2.84. The third-order valence-electron chi connectivity index (χ3n) is 3.42. The molecule has 2 aromatic rings. The lowest BCUT2D eigenvalue weighted by Crippen LogP contribution is -2.32. The van der Waals surface area contributed by atoms with Crippen molar-refractivity contribution < 1.29 is 9.53 Å². The Morgan fingerprint density at radius 3 is 2.61 bits per heavy atom. The van der Waals surface area contributed by atoms with Crippen molar-refractivity contribution in [2.24, 2.45) is 0 Å². The largest absolute Gasteiger partial charge is 0.497 e. The third kappa shape index (κ3) is 5.60. The zero-order valence-corrected chi connectivity index (χ0v) is 14.5. The zero-order valence-electron chi connectivity index (χ0n) is 13.7. The summed E-state index contributed by atoms with van der Waals surface area (Å²) in [6.07, 6.45) is 2.62. The van der Waals surface area contributed by atoms with E-state index in [1.807, 2.05) is 56.4 Å². The van der Waals surface area contributed by atoms with E-state index in [0.717, 1.165) is 22.8 Å². The van der Waals surface area contributed by atoms with Crippen LogP contribution < -0.4 is 10.1 Å². The summed E-state index contributed by atoms with van der Waals surface area (Å²) >= 11 is 1.47. The smallest absolute Gasteiger partial charge is 0.233 e. The lowest BCUT2D eigenvalue weighted by molar-refractivity contribution is -0.120. The maximum Gasteiger partial charge on any atom is 0.233 e. The Morgan fingerprint density at radius 1 is 1.26 bits per heavy atom. The highest BCUT2D eigenvalue weighted by Crippen LogP contribution is 2.21. The number of amides is 1. The van der Waals surface area contributed by atoms with Crippen LogP contribution >= 0.6 is 11.8 Å². The molecule has 23 heavy (non-hydrogen) atoms. The van der Waals surface area contributed by atoms with Crippen LogP contribution in [0.3, 0.4) is 0 Å². The molecule has 2 rings (SSSR count). The first-order valence-electron chi connectivity index (χ1n) is 7.58. The standard InChI is InChI=1S/C18H22N2O2S/c1-13-4-9-17(20-12-13)23-14(2)18(21)19-11-10-15-5-7-16(22-3)8-6-15/h4-9,12,14H,10-11H2,1-3H3,(H,19,21). The third-order valence-corrected chi connectivity index (χ3v) is 4.47. The molecule has 1 atom stereocenters. The topological polar surface area (TPSA) is 51.2 Å². The molecule has 122 valence electrons. The van der Waals surface area contributed by atoms with Crippen molar-refractivity contribution in [3.05, 3.63) is 53.7 Å². The number of ether oxygens (including phenoxy) is 1. The lowest BCUT2D eigenvalue weighted by atomic mass is 10.1. The maximum absolute atomic E-state index is 12.1. The van der Waals surface area contributed by atoms with Gasteiger partial charge in [-0.1, -0.05) is 30.0 Å². The number of nitrogens with one attached hydrogen (secondary N) is 1. The number of rotatable bonds is 7. The zero-order chi connectivity index (χ0) is 16.7. The average molecular weight is 330 g/mol. The maximum atomic E-state index is 12.1. The first-order chi connectivity index (χ1) is 11.1. The molecule has 5 heteroatoms. The van der Waals surface area contributed by atoms with Gasteiger partial charge in [0.2, 0.25) is 5.91 Å². The Bertz CT molecular complexity index is 626. The molecule has 0 saturated heterocycles. The molecule has 1 aromatic heterocycles. The first-order valence-corrected chi connectivity index (χ1v) is 8.46. The van der Waals surface area contributed by atoms with Crippen LogP contribution in [0.15, 0.2) is 47.6 Å². The molecular formula is C18H22N2O2S. The second-order valence-electron chi connectivity index (χ2n) is 5.32. The minimum absolute atomic E-state index is 0.0332. The van der Waals surface area contributed by atoms with E-state index in [1.165, 1.54) is 17.3 Å². The van der Waals surface area contributed by atoms with E-state index in [2.05, 4.69) is 10.3 Å². The summed E-state index contributed by atoms with van der Waals surface area (Å²) in [4.78, 5) is 16.4. The predicted octanol–water partition coefficient (Wildman–Crippen LogP) is 3.24. The van der Waals surface area contributed by atoms with Gasteiger partial charge < -0.3 is 10.1 Å². The number of aryl methyl sites for hydroxylation is 1. The molecule has 1 N–H and O–H groups in total. The Labute approximate surface area is 141 Å². The quantitative estimate of drug-likeness (QED) is 0.792. The van der Waals surface area contributed by atoms with Crippen LogP contribution in [0.5, 0.6) is 5.75 Å². The predicted molar refractivity (Wildman–Crippen MR) is 94.0 cm³/mol. The van der Waals surface area contributed by atoms with Gasteiger partial charge in [-0.25, -0.2) is 4.98 Å². The van der Waals surface area contributed by atoms with Crippen LogP contribution in [0.4, 0.5) is 0 Å². The highest BCUT2D eigenvalue weighted by molar-refractivity contribution is 8.00. The molecule has 1 unspecified atom stereocenters. The molecule has 4 nitrogen and oxygen atoms in total. The number of carbonyl (C=O) groups is 1. The minimum Gasteiger partial charge on any atom is -0.497 e. The molecule has 0 saturated carbocycles. The molecular weight excluding hydrogens is 308 g/mol. The van der Waals surface area contributed by atoms with Crippen LogP contribution in [-0.4, -0.2) is 29.8 Å². The van der Waals surface area contributed by atoms with Crippen LogP contribution in [0.2, 0.25) is 0 Å². The van der Waals surface area contributed by atoms with E-state index >= 15 is 0 Å². The van der Waals surface area contributed by atoms with Gasteiger partial charge in [0, 0.05) is 12.7 Å². The van der Waals surface area contributed by atoms with Gasteiger partial charge in [-0.05, 0) is 49.6 Å². The number of hydrogen-bond acceptors (Lipinski definition) is 4. The number of pyridine rings is 1. The summed E-state index contributed by atoms with van der Waals surface area (Å²) in [6, 6.07) is 11.8. The van der Waals surface area contributed by atoms with E-state index < -0.39 is 0 Å². The molecule has 1 amide bonds. The summed E-state index contributed by atoms with van der Waals surface area (Å²) in [5.41, 5.74) is 2.29. The van der Waals surface area contributed by atoms with Crippen molar-refractivity contribution in [1.82, 2.24) is 10.3 Å². The van der Waals surface area contributed by atoms with Crippen molar-refractivity contribution in [3.8, 4) is 5.75 Å². The Kier molecular flexibility index (Phi) is 6.47. The fourth-order valence-electron chi connectivity index (χ4n) is 2.02. The van der Waals surface area contributed by atoms with Gasteiger partial charge in [0.05, 0.1) is 17.4 Å². The molecule has 0 bridgehead atoms. The van der Waals surface area contributed by atoms with Gasteiger partial charge in [0.15, 0.2) is 0 Å². The number of hydrogen-bond donors (Lipinski definition) is 1. The molecule has 0 aliphatic carbocycles. The number of nitrogens with zero attached hydrogens (tertiary/aromatic N) is 1. The second kappa shape index (κ2) is 8.58. The van der Waals surface area contributed by atoms with E-state index in [4.69, 9.17) is 4.74 Å². The van der Waals surface area contributed by atoms with Gasteiger partial charge in [0.25, 0.3) is 0 Å².